The summed E-state index contributed by atoms with van der Waals surface area (Å²) in [6, 6.07) is 7.79. The van der Waals surface area contributed by atoms with E-state index >= 15 is 0 Å². The van der Waals surface area contributed by atoms with E-state index in [0.29, 0.717) is 31.0 Å². The molecule has 0 radical (unpaired) electrons. The van der Waals surface area contributed by atoms with Crippen molar-refractivity contribution in [1.29, 1.82) is 5.26 Å². The number of nitrogens with zero attached hydrogens (tertiary/aromatic N) is 2. The molecule has 112 valence electrons. The Hall–Kier alpha value is -2.22. The number of hydrogen-bond acceptors (Lipinski definition) is 4. The lowest BCUT2D eigenvalue weighted by atomic mass is 9.98. The fraction of sp³-hybridized carbons (Fsp3) is 0.500. The van der Waals surface area contributed by atoms with Crippen molar-refractivity contribution in [2.75, 3.05) is 27.3 Å². The van der Waals surface area contributed by atoms with Gasteiger partial charge in [-0.15, -0.1) is 0 Å². The van der Waals surface area contributed by atoms with E-state index in [9.17, 15) is 4.79 Å². The van der Waals surface area contributed by atoms with Gasteiger partial charge in [-0.3, -0.25) is 4.79 Å². The van der Waals surface area contributed by atoms with Crippen molar-refractivity contribution in [3.8, 4) is 17.6 Å². The Morgan fingerprint density at radius 1 is 1.29 bits per heavy atom. The molecule has 1 fully saturated rings. The van der Waals surface area contributed by atoms with E-state index in [1.807, 2.05) is 23.1 Å². The lowest BCUT2D eigenvalue weighted by Crippen LogP contribution is -2.39. The molecule has 5 heteroatoms. The minimum atomic E-state index is 0.0927. The van der Waals surface area contributed by atoms with E-state index in [4.69, 9.17) is 14.7 Å². The molecule has 1 aromatic rings. The molecule has 1 heterocycles. The number of methoxy groups -OCH3 is 2. The number of nitriles is 1. The van der Waals surface area contributed by atoms with Gasteiger partial charge in [0.05, 0.1) is 26.7 Å². The number of piperidine rings is 1. The maximum atomic E-state index is 12.3. The highest BCUT2D eigenvalue weighted by molar-refractivity contribution is 5.79. The van der Waals surface area contributed by atoms with Crippen molar-refractivity contribution in [2.24, 2.45) is 5.92 Å². The monoisotopic (exact) mass is 288 g/mol. The molecular weight excluding hydrogens is 268 g/mol. The molecule has 0 N–H and O–H groups in total. The lowest BCUT2D eigenvalue weighted by molar-refractivity contribution is -0.131. The first-order chi connectivity index (χ1) is 10.2. The summed E-state index contributed by atoms with van der Waals surface area (Å²) in [5, 5.41) is 8.88. The van der Waals surface area contributed by atoms with Gasteiger partial charge in [0.15, 0.2) is 11.5 Å². The Bertz CT molecular complexity index is 543. The summed E-state index contributed by atoms with van der Waals surface area (Å²) >= 11 is 0. The predicted molar refractivity (Wildman–Crippen MR) is 78.2 cm³/mol. The van der Waals surface area contributed by atoms with Gasteiger partial charge in [-0.1, -0.05) is 6.07 Å². The van der Waals surface area contributed by atoms with Gasteiger partial charge < -0.3 is 14.4 Å². The predicted octanol–water partition coefficient (Wildman–Crippen LogP) is 2.01. The zero-order chi connectivity index (χ0) is 15.2. The Balaban J connectivity index is 1.98. The molecular formula is C16H20N2O3. The fourth-order valence-corrected chi connectivity index (χ4v) is 2.54. The van der Waals surface area contributed by atoms with Crippen LogP contribution < -0.4 is 9.47 Å². The highest BCUT2D eigenvalue weighted by atomic mass is 16.5. The molecule has 0 aromatic heterocycles. The zero-order valence-corrected chi connectivity index (χ0v) is 12.5. The van der Waals surface area contributed by atoms with Crippen molar-refractivity contribution in [3.05, 3.63) is 23.8 Å². The summed E-state index contributed by atoms with van der Waals surface area (Å²) in [6.07, 6.45) is 1.89. The Morgan fingerprint density at radius 2 is 1.95 bits per heavy atom. The third kappa shape index (κ3) is 3.66. The van der Waals surface area contributed by atoms with Crippen LogP contribution in [0.2, 0.25) is 0 Å². The van der Waals surface area contributed by atoms with Crippen LogP contribution in [0.1, 0.15) is 18.4 Å². The first kappa shape index (κ1) is 15.2. The topological polar surface area (TPSA) is 62.6 Å². The normalized spacial score (nSPS) is 15.4. The number of ether oxygens (including phenoxy) is 2. The standard InChI is InChI=1S/C16H20N2O3/c1-20-14-4-3-13(9-15(14)21-2)10-16(19)18-7-5-12(11-17)6-8-18/h3-4,9,12H,5-8,10H2,1-2H3. The van der Waals surface area contributed by atoms with Crippen LogP contribution in [-0.4, -0.2) is 38.1 Å². The van der Waals surface area contributed by atoms with Gasteiger partial charge in [-0.25, -0.2) is 0 Å². The van der Waals surface area contributed by atoms with Gasteiger partial charge in [-0.05, 0) is 30.5 Å². The summed E-state index contributed by atoms with van der Waals surface area (Å²) in [4.78, 5) is 14.1. The van der Waals surface area contributed by atoms with Crippen LogP contribution in [0.15, 0.2) is 18.2 Å². The third-order valence-electron chi connectivity index (χ3n) is 3.83. The second-order valence-corrected chi connectivity index (χ2v) is 5.15. The number of carbonyl (C=O) groups is 1. The second kappa shape index (κ2) is 6.98. The molecule has 0 unspecified atom stereocenters. The molecule has 0 saturated carbocycles. The van der Waals surface area contributed by atoms with Gasteiger partial charge in [-0.2, -0.15) is 5.26 Å². The molecule has 5 nitrogen and oxygen atoms in total. The van der Waals surface area contributed by atoms with Crippen LogP contribution in [0, 0.1) is 17.2 Å². The SMILES string of the molecule is COc1ccc(CC(=O)N2CCC(C#N)CC2)cc1OC. The van der Waals surface area contributed by atoms with Crippen molar-refractivity contribution >= 4 is 5.91 Å². The molecule has 1 aliphatic rings. The molecule has 1 aliphatic heterocycles. The highest BCUT2D eigenvalue weighted by Crippen LogP contribution is 2.28. The van der Waals surface area contributed by atoms with E-state index < -0.39 is 0 Å². The molecule has 0 bridgehead atoms. The molecule has 2 rings (SSSR count). The van der Waals surface area contributed by atoms with Gasteiger partial charge >= 0.3 is 0 Å². The van der Waals surface area contributed by atoms with Crippen molar-refractivity contribution in [3.63, 3.8) is 0 Å². The van der Waals surface area contributed by atoms with Crippen LogP contribution >= 0.6 is 0 Å². The van der Waals surface area contributed by atoms with E-state index in [1.54, 1.807) is 14.2 Å². The average molecular weight is 288 g/mol. The van der Waals surface area contributed by atoms with E-state index in [2.05, 4.69) is 6.07 Å². The van der Waals surface area contributed by atoms with Gasteiger partial charge in [0.1, 0.15) is 0 Å². The minimum absolute atomic E-state index is 0.0927. The number of benzene rings is 1. The van der Waals surface area contributed by atoms with Crippen molar-refractivity contribution < 1.29 is 14.3 Å². The molecule has 0 spiro atoms. The lowest BCUT2D eigenvalue weighted by Gasteiger charge is -2.29. The van der Waals surface area contributed by atoms with Crippen molar-refractivity contribution in [2.45, 2.75) is 19.3 Å². The summed E-state index contributed by atoms with van der Waals surface area (Å²) in [7, 11) is 3.16. The minimum Gasteiger partial charge on any atom is -0.493 e. The van der Waals surface area contributed by atoms with Crippen LogP contribution in [0.3, 0.4) is 0 Å². The largest absolute Gasteiger partial charge is 0.493 e. The molecule has 21 heavy (non-hydrogen) atoms. The van der Waals surface area contributed by atoms with Crippen LogP contribution in [0.5, 0.6) is 11.5 Å². The summed E-state index contributed by atoms with van der Waals surface area (Å²) in [6.45, 7) is 1.34. The highest BCUT2D eigenvalue weighted by Gasteiger charge is 2.22. The van der Waals surface area contributed by atoms with Crippen molar-refractivity contribution in [1.82, 2.24) is 4.90 Å². The first-order valence-corrected chi connectivity index (χ1v) is 7.06. The smallest absolute Gasteiger partial charge is 0.226 e. The van der Waals surface area contributed by atoms with Gasteiger partial charge in [0.25, 0.3) is 0 Å². The zero-order valence-electron chi connectivity index (χ0n) is 12.5. The number of rotatable bonds is 4. The number of hydrogen-bond donors (Lipinski definition) is 0. The van der Waals surface area contributed by atoms with E-state index in [-0.39, 0.29) is 11.8 Å². The molecule has 0 aliphatic carbocycles. The Morgan fingerprint density at radius 3 is 2.52 bits per heavy atom. The van der Waals surface area contributed by atoms with Crippen LogP contribution in [0.25, 0.3) is 0 Å². The third-order valence-corrected chi connectivity index (χ3v) is 3.83. The second-order valence-electron chi connectivity index (χ2n) is 5.15. The summed E-state index contributed by atoms with van der Waals surface area (Å²) < 4.78 is 10.4. The molecule has 1 saturated heterocycles. The maximum absolute atomic E-state index is 12.3. The number of likely N-dealkylation sites (tertiary alicyclic amines) is 1. The first-order valence-electron chi connectivity index (χ1n) is 7.06. The van der Waals surface area contributed by atoms with E-state index in [1.165, 1.54) is 0 Å². The van der Waals surface area contributed by atoms with Crippen LogP contribution in [0.4, 0.5) is 0 Å². The van der Waals surface area contributed by atoms with Crippen LogP contribution in [-0.2, 0) is 11.2 Å². The molecule has 1 amide bonds. The van der Waals surface area contributed by atoms with Gasteiger partial charge in [0.2, 0.25) is 5.91 Å². The van der Waals surface area contributed by atoms with E-state index in [0.717, 1.165) is 18.4 Å². The number of carbonyl (C=O) groups excluding carboxylic acids is 1. The molecule has 1 aromatic carbocycles. The fourth-order valence-electron chi connectivity index (χ4n) is 2.54. The molecule has 0 atom stereocenters. The number of amides is 1. The Kier molecular flexibility index (Phi) is 5.04. The summed E-state index contributed by atoms with van der Waals surface area (Å²) in [5.41, 5.74) is 0.903. The summed E-state index contributed by atoms with van der Waals surface area (Å²) in [5.74, 6) is 1.48. The quantitative estimate of drug-likeness (QED) is 0.850. The average Bonchev–Trinajstić information content (AvgIpc) is 2.54. The Labute approximate surface area is 125 Å². The maximum Gasteiger partial charge on any atom is 0.226 e. The van der Waals surface area contributed by atoms with Gasteiger partial charge in [0, 0.05) is 19.0 Å².